The van der Waals surface area contributed by atoms with E-state index in [9.17, 15) is 14.4 Å². The zero-order chi connectivity index (χ0) is 19.4. The molecule has 0 saturated heterocycles. The van der Waals surface area contributed by atoms with E-state index in [1.165, 1.54) is 33.6 Å². The maximum atomic E-state index is 12.3. The quantitative estimate of drug-likeness (QED) is 0.660. The minimum Gasteiger partial charge on any atom is -0.355 e. The van der Waals surface area contributed by atoms with Gasteiger partial charge in [0.25, 0.3) is 11.5 Å². The predicted molar refractivity (Wildman–Crippen MR) is 109 cm³/mol. The summed E-state index contributed by atoms with van der Waals surface area (Å²) < 4.78 is 1.49. The first kappa shape index (κ1) is 19.1. The second-order valence-electron chi connectivity index (χ2n) is 5.76. The summed E-state index contributed by atoms with van der Waals surface area (Å²) in [7, 11) is 1.55. The molecule has 9 heteroatoms. The normalized spacial score (nSPS) is 10.7. The first-order valence-corrected chi connectivity index (χ1v) is 10.2. The fourth-order valence-electron chi connectivity index (χ4n) is 2.59. The fourth-order valence-corrected chi connectivity index (χ4v) is 4.05. The summed E-state index contributed by atoms with van der Waals surface area (Å²) >= 11 is 2.75. The molecule has 140 valence electrons. The Bertz CT molecular complexity index is 1060. The number of benzene rings is 1. The standard InChI is InChI=1S/C18H18N4O3S2/c1-11-4-3-5-13(16(11)17(25)19-2)21-14(23)10-26-9-12-8-15(24)22-6-7-27-18(22)20-12/h3-8H,9-10H2,1-2H3,(H,19,25)(H,21,23). The molecule has 27 heavy (non-hydrogen) atoms. The summed E-state index contributed by atoms with van der Waals surface area (Å²) in [6, 6.07) is 6.79. The number of rotatable bonds is 6. The van der Waals surface area contributed by atoms with Crippen LogP contribution in [0.2, 0.25) is 0 Å². The van der Waals surface area contributed by atoms with Crippen molar-refractivity contribution < 1.29 is 9.59 Å². The van der Waals surface area contributed by atoms with Gasteiger partial charge in [-0.05, 0) is 18.6 Å². The minimum absolute atomic E-state index is 0.128. The number of nitrogens with zero attached hydrogens (tertiary/aromatic N) is 2. The molecule has 0 unspecified atom stereocenters. The van der Waals surface area contributed by atoms with Crippen molar-refractivity contribution in [2.45, 2.75) is 12.7 Å². The van der Waals surface area contributed by atoms with Gasteiger partial charge in [0.05, 0.1) is 22.7 Å². The Morgan fingerprint density at radius 2 is 2.15 bits per heavy atom. The van der Waals surface area contributed by atoms with Gasteiger partial charge in [-0.1, -0.05) is 12.1 Å². The molecular formula is C18H18N4O3S2. The van der Waals surface area contributed by atoms with Crippen molar-refractivity contribution in [2.75, 3.05) is 18.1 Å². The van der Waals surface area contributed by atoms with Crippen LogP contribution < -0.4 is 16.2 Å². The average Bonchev–Trinajstić information content (AvgIpc) is 3.10. The Labute approximate surface area is 163 Å². The summed E-state index contributed by atoms with van der Waals surface area (Å²) in [5.74, 6) is 0.175. The number of hydrogen-bond acceptors (Lipinski definition) is 6. The third-order valence-electron chi connectivity index (χ3n) is 3.84. The Morgan fingerprint density at radius 3 is 2.93 bits per heavy atom. The summed E-state index contributed by atoms with van der Waals surface area (Å²) in [5.41, 5.74) is 2.24. The Morgan fingerprint density at radius 1 is 1.33 bits per heavy atom. The molecule has 0 spiro atoms. The van der Waals surface area contributed by atoms with Crippen LogP contribution in [-0.2, 0) is 10.5 Å². The molecule has 2 aromatic heterocycles. The van der Waals surface area contributed by atoms with Gasteiger partial charge < -0.3 is 10.6 Å². The van der Waals surface area contributed by atoms with Crippen LogP contribution in [-0.4, -0.2) is 34.0 Å². The van der Waals surface area contributed by atoms with Crippen LogP contribution in [0.1, 0.15) is 21.6 Å². The topological polar surface area (TPSA) is 92.6 Å². The number of carbonyl (C=O) groups excluding carboxylic acids is 2. The lowest BCUT2D eigenvalue weighted by molar-refractivity contribution is -0.113. The fraction of sp³-hybridized carbons (Fsp3) is 0.222. The largest absolute Gasteiger partial charge is 0.355 e. The van der Waals surface area contributed by atoms with Crippen LogP contribution in [0, 0.1) is 6.92 Å². The summed E-state index contributed by atoms with van der Waals surface area (Å²) in [4.78, 5) is 41.3. The van der Waals surface area contributed by atoms with Crippen molar-refractivity contribution in [3.05, 3.63) is 63.0 Å². The van der Waals surface area contributed by atoms with E-state index >= 15 is 0 Å². The van der Waals surface area contributed by atoms with Crippen molar-refractivity contribution in [3.63, 3.8) is 0 Å². The Kier molecular flexibility index (Phi) is 5.92. The van der Waals surface area contributed by atoms with E-state index in [1.54, 1.807) is 30.8 Å². The van der Waals surface area contributed by atoms with Crippen LogP contribution in [0.25, 0.3) is 4.96 Å². The lowest BCUT2D eigenvalue weighted by Gasteiger charge is -2.12. The van der Waals surface area contributed by atoms with E-state index in [2.05, 4.69) is 15.6 Å². The van der Waals surface area contributed by atoms with Gasteiger partial charge in [0, 0.05) is 30.4 Å². The molecule has 1 aromatic carbocycles. The number of nitrogens with one attached hydrogen (secondary N) is 2. The van der Waals surface area contributed by atoms with Crippen LogP contribution in [0.3, 0.4) is 0 Å². The minimum atomic E-state index is -0.245. The highest BCUT2D eigenvalue weighted by Gasteiger charge is 2.15. The number of fused-ring (bicyclic) bond motifs is 1. The molecule has 0 atom stereocenters. The number of thiazole rings is 1. The summed E-state index contributed by atoms with van der Waals surface area (Å²) in [6.45, 7) is 1.82. The number of aromatic nitrogens is 2. The molecule has 3 aromatic rings. The number of thioether (sulfide) groups is 1. The van der Waals surface area contributed by atoms with E-state index in [-0.39, 0.29) is 23.1 Å². The van der Waals surface area contributed by atoms with Crippen LogP contribution in [0.15, 0.2) is 40.6 Å². The zero-order valence-electron chi connectivity index (χ0n) is 14.8. The summed E-state index contributed by atoms with van der Waals surface area (Å²) in [6.07, 6.45) is 1.69. The molecule has 0 fully saturated rings. The number of anilines is 1. The summed E-state index contributed by atoms with van der Waals surface area (Å²) in [5, 5.41) is 7.17. The van der Waals surface area contributed by atoms with E-state index in [0.29, 0.717) is 27.7 Å². The third-order valence-corrected chi connectivity index (χ3v) is 5.56. The number of hydrogen-bond donors (Lipinski definition) is 2. The van der Waals surface area contributed by atoms with Crippen LogP contribution in [0.5, 0.6) is 0 Å². The number of carbonyl (C=O) groups is 2. The highest BCUT2D eigenvalue weighted by molar-refractivity contribution is 7.99. The van der Waals surface area contributed by atoms with Crippen LogP contribution in [0.4, 0.5) is 5.69 Å². The maximum absolute atomic E-state index is 12.3. The molecule has 2 heterocycles. The second-order valence-corrected chi connectivity index (χ2v) is 7.62. The van der Waals surface area contributed by atoms with Crippen LogP contribution >= 0.6 is 23.1 Å². The molecule has 0 aliphatic carbocycles. The highest BCUT2D eigenvalue weighted by atomic mass is 32.2. The molecule has 0 saturated carbocycles. The molecule has 0 aliphatic heterocycles. The van der Waals surface area contributed by atoms with Crippen molar-refractivity contribution in [1.29, 1.82) is 0 Å². The maximum Gasteiger partial charge on any atom is 0.258 e. The predicted octanol–water partition coefficient (Wildman–Crippen LogP) is 2.30. The van der Waals surface area contributed by atoms with Crippen molar-refractivity contribution in [2.24, 2.45) is 0 Å². The highest BCUT2D eigenvalue weighted by Crippen LogP contribution is 2.20. The Balaban J connectivity index is 1.62. The van der Waals surface area contributed by atoms with Gasteiger partial charge in [-0.15, -0.1) is 23.1 Å². The molecule has 7 nitrogen and oxygen atoms in total. The molecular weight excluding hydrogens is 384 g/mol. The number of amides is 2. The SMILES string of the molecule is CNC(=O)c1c(C)cccc1NC(=O)CSCc1cc(=O)n2ccsc2n1. The Hall–Kier alpha value is -2.65. The van der Waals surface area contributed by atoms with Crippen molar-refractivity contribution in [1.82, 2.24) is 14.7 Å². The molecule has 3 rings (SSSR count). The molecule has 0 aliphatic rings. The van der Waals surface area contributed by atoms with Crippen molar-refractivity contribution in [3.8, 4) is 0 Å². The lowest BCUT2D eigenvalue weighted by Crippen LogP contribution is -2.23. The molecule has 0 bridgehead atoms. The van der Waals surface area contributed by atoms with Crippen molar-refractivity contribution >= 4 is 45.6 Å². The molecule has 0 radical (unpaired) electrons. The van der Waals surface area contributed by atoms with E-state index < -0.39 is 0 Å². The van der Waals surface area contributed by atoms with E-state index in [1.807, 2.05) is 13.0 Å². The monoisotopic (exact) mass is 402 g/mol. The van der Waals surface area contributed by atoms with E-state index in [0.717, 1.165) is 5.56 Å². The first-order valence-electron chi connectivity index (χ1n) is 8.14. The lowest BCUT2D eigenvalue weighted by atomic mass is 10.1. The average molecular weight is 403 g/mol. The van der Waals surface area contributed by atoms with Gasteiger partial charge in [0.2, 0.25) is 5.91 Å². The van der Waals surface area contributed by atoms with Gasteiger partial charge >= 0.3 is 0 Å². The van der Waals surface area contributed by atoms with E-state index in [4.69, 9.17) is 0 Å². The van der Waals surface area contributed by atoms with Gasteiger partial charge in [-0.3, -0.25) is 18.8 Å². The smallest absolute Gasteiger partial charge is 0.258 e. The van der Waals surface area contributed by atoms with Gasteiger partial charge in [0.1, 0.15) is 0 Å². The molecule has 2 amide bonds. The van der Waals surface area contributed by atoms with Gasteiger partial charge in [0.15, 0.2) is 4.96 Å². The number of aryl methyl sites for hydroxylation is 1. The molecule has 2 N–H and O–H groups in total. The van der Waals surface area contributed by atoms with Gasteiger partial charge in [-0.2, -0.15) is 0 Å². The van der Waals surface area contributed by atoms with Gasteiger partial charge in [-0.25, -0.2) is 4.98 Å². The third kappa shape index (κ3) is 4.37. The zero-order valence-corrected chi connectivity index (χ0v) is 16.4. The second kappa shape index (κ2) is 8.36. The first-order chi connectivity index (χ1) is 13.0.